The lowest BCUT2D eigenvalue weighted by Gasteiger charge is -2.29. The summed E-state index contributed by atoms with van der Waals surface area (Å²) in [6.07, 6.45) is -4.07. The number of methoxy groups -OCH3 is 1. The van der Waals surface area contributed by atoms with E-state index in [0.29, 0.717) is 0 Å². The third kappa shape index (κ3) is 9.75. The van der Waals surface area contributed by atoms with Crippen molar-refractivity contribution in [3.8, 4) is 0 Å². The van der Waals surface area contributed by atoms with Gasteiger partial charge < -0.3 is 41.6 Å². The standard InChI is InChI=1S/C23H42B3O12P3/c1-12-18(36-39(5,6)27)16(34-21(12)24)10-31-41(8,29)38-20-14(3)23(26)35-17(20)11-32-40(7,28)37-19-13(2)22(25)33-15(19)9-30-4/h12-23H,9-11H2,1-8H3/t12?,13?,14?,15-,16-,17-,18?,19?,20?,21-,22-,23-,40?,41?/m1/s1. The highest BCUT2D eigenvalue weighted by Gasteiger charge is 2.47. The number of hydrogen-bond acceptors (Lipinski definition) is 12. The summed E-state index contributed by atoms with van der Waals surface area (Å²) in [7, 11) is 9.42. The average molecular weight is 636 g/mol. The molecule has 3 rings (SSSR count). The molecular formula is C23H42B3O12P3. The SMILES string of the molecule is [B][C@@H]1O[C@H](COP(C)(=O)OC2C(C)[C@H]([B])O[C@@H]2COP(C)(=O)OC2C(C)[C@H]([B])O[C@@H]2COC)C(OP(C)(C)=O)C1C. The molecule has 3 saturated heterocycles. The van der Waals surface area contributed by atoms with E-state index in [1.807, 2.05) is 13.8 Å². The fourth-order valence-corrected chi connectivity index (χ4v) is 8.47. The monoisotopic (exact) mass is 636 g/mol. The summed E-state index contributed by atoms with van der Waals surface area (Å²) in [6.45, 7) is 10.9. The van der Waals surface area contributed by atoms with Gasteiger partial charge in [0.05, 0.1) is 38.1 Å². The Bertz CT molecular complexity index is 1020. The number of rotatable bonds is 14. The molecule has 0 N–H and O–H groups in total. The van der Waals surface area contributed by atoms with E-state index in [0.717, 1.165) is 0 Å². The van der Waals surface area contributed by atoms with E-state index in [4.69, 9.17) is 65.1 Å². The highest BCUT2D eigenvalue weighted by atomic mass is 31.2. The molecular weight excluding hydrogens is 594 g/mol. The molecule has 230 valence electrons. The van der Waals surface area contributed by atoms with Gasteiger partial charge in [-0.15, -0.1) is 0 Å². The molecule has 6 radical (unpaired) electrons. The molecule has 3 aliphatic rings. The van der Waals surface area contributed by atoms with E-state index in [2.05, 4.69) is 0 Å². The van der Waals surface area contributed by atoms with E-state index in [9.17, 15) is 13.7 Å². The van der Waals surface area contributed by atoms with Gasteiger partial charge in [-0.25, -0.2) is 0 Å². The maximum absolute atomic E-state index is 13.4. The van der Waals surface area contributed by atoms with Crippen molar-refractivity contribution in [1.82, 2.24) is 0 Å². The van der Waals surface area contributed by atoms with Crippen molar-refractivity contribution in [3.63, 3.8) is 0 Å². The zero-order valence-corrected chi connectivity index (χ0v) is 27.7. The van der Waals surface area contributed by atoms with Gasteiger partial charge in [0.2, 0.25) is 0 Å². The Hall–Kier alpha value is 0.525. The van der Waals surface area contributed by atoms with Crippen LogP contribution in [0.15, 0.2) is 0 Å². The molecule has 0 saturated carbocycles. The van der Waals surface area contributed by atoms with Crippen LogP contribution in [0.1, 0.15) is 20.8 Å². The Kier molecular flexibility index (Phi) is 12.6. The average Bonchev–Trinajstić information content (AvgIpc) is 3.38. The molecule has 0 amide bonds. The van der Waals surface area contributed by atoms with Gasteiger partial charge in [-0.3, -0.25) is 13.7 Å². The minimum atomic E-state index is -3.71. The minimum Gasteiger partial charge on any atom is -0.382 e. The molecule has 0 aromatic rings. The Morgan fingerprint density at radius 2 is 0.902 bits per heavy atom. The molecule has 0 aromatic heterocycles. The van der Waals surface area contributed by atoms with Gasteiger partial charge in [0.1, 0.15) is 41.9 Å². The van der Waals surface area contributed by atoms with Crippen molar-refractivity contribution >= 4 is 46.1 Å². The maximum atomic E-state index is 13.4. The molecule has 3 aliphatic heterocycles. The number of hydrogen-bond donors (Lipinski definition) is 0. The van der Waals surface area contributed by atoms with Crippen LogP contribution in [0.25, 0.3) is 0 Å². The van der Waals surface area contributed by atoms with Gasteiger partial charge >= 0.3 is 15.2 Å². The molecule has 0 spiro atoms. The lowest BCUT2D eigenvalue weighted by atomic mass is 9.86. The predicted octanol–water partition coefficient (Wildman–Crippen LogP) is 2.59. The summed E-state index contributed by atoms with van der Waals surface area (Å²) in [5.41, 5.74) is 0. The third-order valence-electron chi connectivity index (χ3n) is 7.48. The largest absolute Gasteiger partial charge is 0.382 e. The smallest absolute Gasteiger partial charge is 0.328 e. The molecule has 14 atom stereocenters. The van der Waals surface area contributed by atoms with Crippen LogP contribution >= 0.6 is 22.6 Å². The van der Waals surface area contributed by atoms with Crippen molar-refractivity contribution in [1.29, 1.82) is 0 Å². The van der Waals surface area contributed by atoms with Crippen molar-refractivity contribution in [3.05, 3.63) is 0 Å². The van der Waals surface area contributed by atoms with Crippen LogP contribution in [0.5, 0.6) is 0 Å². The molecule has 0 bridgehead atoms. The zero-order chi connectivity index (χ0) is 30.9. The van der Waals surface area contributed by atoms with Crippen LogP contribution in [0.3, 0.4) is 0 Å². The maximum Gasteiger partial charge on any atom is 0.328 e. The second-order valence-corrected chi connectivity index (χ2v) is 18.3. The van der Waals surface area contributed by atoms with Crippen LogP contribution < -0.4 is 0 Å². The van der Waals surface area contributed by atoms with Crippen molar-refractivity contribution < 1.29 is 55.3 Å². The first kappa shape index (κ1) is 36.0. The zero-order valence-electron chi connectivity index (χ0n) is 25.0. The molecule has 3 heterocycles. The van der Waals surface area contributed by atoms with E-state index < -0.39 is 83.1 Å². The molecule has 3 fully saturated rings. The van der Waals surface area contributed by atoms with E-state index >= 15 is 0 Å². The lowest BCUT2D eigenvalue weighted by Crippen LogP contribution is -2.34. The van der Waals surface area contributed by atoms with Crippen molar-refractivity contribution in [2.75, 3.05) is 53.6 Å². The summed E-state index contributed by atoms with van der Waals surface area (Å²) in [6, 6.07) is -2.01. The molecule has 18 heteroatoms. The normalized spacial score (nSPS) is 42.7. The Morgan fingerprint density at radius 1 is 0.585 bits per heavy atom. The van der Waals surface area contributed by atoms with E-state index in [1.54, 1.807) is 6.92 Å². The Balaban J connectivity index is 1.60. The topological polar surface area (TPSA) is 134 Å². The lowest BCUT2D eigenvalue weighted by molar-refractivity contribution is -0.0240. The van der Waals surface area contributed by atoms with Gasteiger partial charge in [0, 0.05) is 69.5 Å². The molecule has 0 aromatic carbocycles. The fraction of sp³-hybridized carbons (Fsp3) is 1.00. The van der Waals surface area contributed by atoms with Gasteiger partial charge in [-0.05, 0) is 0 Å². The summed E-state index contributed by atoms with van der Waals surface area (Å²) in [4.78, 5) is 0. The van der Waals surface area contributed by atoms with Crippen LogP contribution in [0.4, 0.5) is 0 Å². The first-order valence-electron chi connectivity index (χ1n) is 13.6. The van der Waals surface area contributed by atoms with Crippen LogP contribution in [-0.4, -0.2) is 132 Å². The fourth-order valence-electron chi connectivity index (χ4n) is 5.06. The van der Waals surface area contributed by atoms with Gasteiger partial charge in [0.25, 0.3) is 0 Å². The highest BCUT2D eigenvalue weighted by Crippen LogP contribution is 2.52. The predicted molar refractivity (Wildman–Crippen MR) is 156 cm³/mol. The second-order valence-electron chi connectivity index (χ2n) is 11.5. The molecule has 12 nitrogen and oxygen atoms in total. The summed E-state index contributed by atoms with van der Waals surface area (Å²) in [5.74, 6) is -0.915. The highest BCUT2D eigenvalue weighted by molar-refractivity contribution is 7.57. The van der Waals surface area contributed by atoms with E-state index in [-0.39, 0.29) is 31.7 Å². The van der Waals surface area contributed by atoms with Crippen LogP contribution in [-0.2, 0) is 55.3 Å². The van der Waals surface area contributed by atoms with Gasteiger partial charge in [-0.1, -0.05) is 20.8 Å². The van der Waals surface area contributed by atoms with Crippen molar-refractivity contribution in [2.45, 2.75) is 75.4 Å². The molecule has 8 unspecified atom stereocenters. The first-order chi connectivity index (χ1) is 18.8. The van der Waals surface area contributed by atoms with Gasteiger partial charge in [0.15, 0.2) is 7.37 Å². The third-order valence-corrected chi connectivity index (χ3v) is 10.7. The number of ether oxygens (including phenoxy) is 4. The van der Waals surface area contributed by atoms with E-state index in [1.165, 1.54) is 33.8 Å². The summed E-state index contributed by atoms with van der Waals surface area (Å²) >= 11 is 0. The first-order valence-corrected chi connectivity index (χ1v) is 20.1. The quantitative estimate of drug-likeness (QED) is 0.205. The second kappa shape index (κ2) is 14.3. The summed E-state index contributed by atoms with van der Waals surface area (Å²) < 4.78 is 90.1. The Labute approximate surface area is 248 Å². The molecule has 0 aliphatic carbocycles. The summed E-state index contributed by atoms with van der Waals surface area (Å²) in [5, 5.41) is 0. The Morgan fingerprint density at radius 3 is 1.22 bits per heavy atom. The molecule has 41 heavy (non-hydrogen) atoms. The van der Waals surface area contributed by atoms with Gasteiger partial charge in [-0.2, -0.15) is 0 Å². The minimum absolute atomic E-state index is 0.171. The van der Waals surface area contributed by atoms with Crippen LogP contribution in [0.2, 0.25) is 0 Å². The van der Waals surface area contributed by atoms with Crippen LogP contribution in [0, 0.1) is 17.8 Å². The van der Waals surface area contributed by atoms with Crippen molar-refractivity contribution in [2.24, 2.45) is 17.8 Å².